The number of fused-ring (bicyclic) bond motifs is 2. The van der Waals surface area contributed by atoms with Gasteiger partial charge in [-0.1, -0.05) is 30.3 Å². The lowest BCUT2D eigenvalue weighted by Gasteiger charge is -2.59. The molecule has 25 heavy (non-hydrogen) atoms. The molecular formula is C23H29NO. The number of benzene rings is 1. The fraction of sp³-hybridized carbons (Fsp3) is 0.696. The minimum atomic E-state index is -0.0264. The molecule has 6 rings (SSSR count). The predicted octanol–water partition coefficient (Wildman–Crippen LogP) is 4.54. The second-order valence-corrected chi connectivity index (χ2v) is 10.0. The van der Waals surface area contributed by atoms with Crippen molar-refractivity contribution in [2.45, 2.75) is 63.2 Å². The van der Waals surface area contributed by atoms with Crippen LogP contribution in [-0.2, 0) is 10.2 Å². The molecule has 0 aromatic heterocycles. The molecule has 1 amide bonds. The van der Waals surface area contributed by atoms with Gasteiger partial charge in [0.15, 0.2) is 0 Å². The van der Waals surface area contributed by atoms with Crippen LogP contribution in [-0.4, -0.2) is 23.9 Å². The lowest BCUT2D eigenvalue weighted by molar-refractivity contribution is -0.145. The molecule has 1 saturated heterocycles. The van der Waals surface area contributed by atoms with E-state index in [9.17, 15) is 4.79 Å². The first-order valence-corrected chi connectivity index (χ1v) is 10.5. The Hall–Kier alpha value is -1.31. The van der Waals surface area contributed by atoms with Crippen molar-refractivity contribution < 1.29 is 4.79 Å². The molecule has 5 atom stereocenters. The molecule has 2 nitrogen and oxygen atoms in total. The maximum Gasteiger partial charge on any atom is 0.228 e. The van der Waals surface area contributed by atoms with E-state index in [0.29, 0.717) is 16.7 Å². The van der Waals surface area contributed by atoms with Gasteiger partial charge >= 0.3 is 0 Å². The van der Waals surface area contributed by atoms with Gasteiger partial charge in [0.25, 0.3) is 0 Å². The molecule has 5 aliphatic rings. The van der Waals surface area contributed by atoms with Crippen molar-refractivity contribution in [3.05, 3.63) is 35.9 Å². The fourth-order valence-electron chi connectivity index (χ4n) is 8.42. The molecule has 0 radical (unpaired) electrons. The number of rotatable bonds is 2. The van der Waals surface area contributed by atoms with Gasteiger partial charge in [0.05, 0.1) is 5.41 Å². The Bertz CT molecular complexity index is 723. The first-order valence-electron chi connectivity index (χ1n) is 10.5. The van der Waals surface area contributed by atoms with Crippen molar-refractivity contribution >= 4 is 5.91 Å². The van der Waals surface area contributed by atoms with Crippen LogP contribution in [0.15, 0.2) is 30.3 Å². The molecule has 4 aliphatic carbocycles. The normalized spacial score (nSPS) is 46.8. The van der Waals surface area contributed by atoms with Crippen molar-refractivity contribution in [3.8, 4) is 0 Å². The van der Waals surface area contributed by atoms with Crippen LogP contribution in [0.1, 0.15) is 63.4 Å². The Kier molecular flexibility index (Phi) is 2.78. The largest absolute Gasteiger partial charge is 0.342 e. The summed E-state index contributed by atoms with van der Waals surface area (Å²) in [6, 6.07) is 11.3. The number of carbonyl (C=O) groups is 1. The molecule has 0 N–H and O–H groups in total. The number of amides is 1. The third-order valence-corrected chi connectivity index (χ3v) is 9.00. The molecule has 3 bridgehead atoms. The lowest BCUT2D eigenvalue weighted by atomic mass is 9.44. The van der Waals surface area contributed by atoms with Gasteiger partial charge < -0.3 is 4.90 Å². The molecule has 5 fully saturated rings. The smallest absolute Gasteiger partial charge is 0.228 e. The van der Waals surface area contributed by atoms with E-state index in [1.807, 2.05) is 0 Å². The van der Waals surface area contributed by atoms with Crippen molar-refractivity contribution in [1.82, 2.24) is 4.90 Å². The Labute approximate surface area is 151 Å². The summed E-state index contributed by atoms with van der Waals surface area (Å²) >= 11 is 0. The van der Waals surface area contributed by atoms with Crippen LogP contribution in [0.25, 0.3) is 0 Å². The van der Waals surface area contributed by atoms with Crippen LogP contribution in [0.5, 0.6) is 0 Å². The highest BCUT2D eigenvalue weighted by molar-refractivity contribution is 5.84. The molecule has 1 aromatic rings. The van der Waals surface area contributed by atoms with Gasteiger partial charge in [-0.05, 0) is 80.6 Å². The molecule has 132 valence electrons. The molecule has 4 saturated carbocycles. The Morgan fingerprint density at radius 1 is 0.960 bits per heavy atom. The van der Waals surface area contributed by atoms with Crippen LogP contribution >= 0.6 is 0 Å². The van der Waals surface area contributed by atoms with E-state index >= 15 is 0 Å². The zero-order valence-electron chi connectivity index (χ0n) is 15.2. The van der Waals surface area contributed by atoms with E-state index in [1.165, 1.54) is 51.4 Å². The van der Waals surface area contributed by atoms with E-state index in [4.69, 9.17) is 0 Å². The minimum absolute atomic E-state index is 0.0264. The summed E-state index contributed by atoms with van der Waals surface area (Å²) in [5, 5.41) is 0. The maximum atomic E-state index is 13.7. The number of hydrogen-bond acceptors (Lipinski definition) is 1. The molecule has 5 unspecified atom stereocenters. The molecule has 1 heterocycles. The Morgan fingerprint density at radius 2 is 1.76 bits per heavy atom. The van der Waals surface area contributed by atoms with Crippen LogP contribution < -0.4 is 0 Å². The highest BCUT2D eigenvalue weighted by Crippen LogP contribution is 2.84. The molecule has 1 aromatic carbocycles. The number of nitrogens with zero attached hydrogens (tertiary/aromatic N) is 1. The molecular weight excluding hydrogens is 306 g/mol. The Morgan fingerprint density at radius 3 is 2.56 bits per heavy atom. The first-order chi connectivity index (χ1) is 12.2. The van der Waals surface area contributed by atoms with E-state index in [-0.39, 0.29) is 5.41 Å². The highest BCUT2D eigenvalue weighted by Gasteiger charge is 2.79. The molecule has 1 aliphatic heterocycles. The third kappa shape index (κ3) is 1.65. The first kappa shape index (κ1) is 14.8. The zero-order chi connectivity index (χ0) is 16.7. The van der Waals surface area contributed by atoms with E-state index in [2.05, 4.69) is 35.2 Å². The van der Waals surface area contributed by atoms with Crippen molar-refractivity contribution in [2.75, 3.05) is 13.1 Å². The van der Waals surface area contributed by atoms with Gasteiger partial charge in [-0.2, -0.15) is 0 Å². The summed E-state index contributed by atoms with van der Waals surface area (Å²) in [5.74, 6) is 2.26. The van der Waals surface area contributed by atoms with Crippen LogP contribution in [0.4, 0.5) is 0 Å². The van der Waals surface area contributed by atoms with Crippen molar-refractivity contribution in [1.29, 1.82) is 0 Å². The standard InChI is InChI=1S/C23H29NO/c25-20(24-9-5-2-6-10-24)21-12-17-11-19-14-23(16-21,22(19,13-17)15-21)18-7-3-1-4-8-18/h1,3-4,7-8,17,19H,2,5-6,9-16H2. The van der Waals surface area contributed by atoms with Gasteiger partial charge in [-0.3, -0.25) is 4.79 Å². The molecule has 2 heteroatoms. The van der Waals surface area contributed by atoms with Gasteiger partial charge in [0, 0.05) is 18.5 Å². The summed E-state index contributed by atoms with van der Waals surface area (Å²) in [4.78, 5) is 16.0. The van der Waals surface area contributed by atoms with Gasteiger partial charge in [0.2, 0.25) is 5.91 Å². The SMILES string of the molecule is O=C(N1CCCCC1)C12CC3CC4CC(c5ccccc5)(C1)C4(C3)C2. The second-order valence-electron chi connectivity index (χ2n) is 10.0. The lowest BCUT2D eigenvalue weighted by Crippen LogP contribution is -2.55. The van der Waals surface area contributed by atoms with Gasteiger partial charge in [-0.15, -0.1) is 0 Å². The van der Waals surface area contributed by atoms with Crippen LogP contribution in [0.2, 0.25) is 0 Å². The summed E-state index contributed by atoms with van der Waals surface area (Å²) < 4.78 is 0. The second kappa shape index (κ2) is 4.69. The quantitative estimate of drug-likeness (QED) is 0.777. The van der Waals surface area contributed by atoms with Crippen molar-refractivity contribution in [3.63, 3.8) is 0 Å². The topological polar surface area (TPSA) is 20.3 Å². The average Bonchev–Trinajstić information content (AvgIpc) is 2.97. The number of likely N-dealkylation sites (tertiary alicyclic amines) is 1. The van der Waals surface area contributed by atoms with Gasteiger partial charge in [-0.25, -0.2) is 0 Å². The highest BCUT2D eigenvalue weighted by atomic mass is 16.2. The van der Waals surface area contributed by atoms with Crippen LogP contribution in [0.3, 0.4) is 0 Å². The fourth-order valence-corrected chi connectivity index (χ4v) is 8.42. The molecule has 1 spiro atoms. The number of hydrogen-bond donors (Lipinski definition) is 0. The van der Waals surface area contributed by atoms with Crippen molar-refractivity contribution in [2.24, 2.45) is 22.7 Å². The monoisotopic (exact) mass is 335 g/mol. The Balaban J connectivity index is 1.43. The summed E-state index contributed by atoms with van der Waals surface area (Å²) in [6.45, 7) is 2.03. The van der Waals surface area contributed by atoms with E-state index in [0.717, 1.165) is 31.3 Å². The zero-order valence-corrected chi connectivity index (χ0v) is 15.2. The summed E-state index contributed by atoms with van der Waals surface area (Å²) in [7, 11) is 0. The third-order valence-electron chi connectivity index (χ3n) is 9.00. The predicted molar refractivity (Wildman–Crippen MR) is 98.1 cm³/mol. The summed E-state index contributed by atoms with van der Waals surface area (Å²) in [5.41, 5.74) is 2.29. The van der Waals surface area contributed by atoms with E-state index in [1.54, 1.807) is 5.56 Å². The van der Waals surface area contributed by atoms with Crippen LogP contribution in [0, 0.1) is 22.7 Å². The minimum Gasteiger partial charge on any atom is -0.342 e. The summed E-state index contributed by atoms with van der Waals surface area (Å²) in [6.07, 6.45) is 11.4. The number of carbonyl (C=O) groups excluding carboxylic acids is 1. The average molecular weight is 335 g/mol. The van der Waals surface area contributed by atoms with E-state index < -0.39 is 0 Å². The number of piperidine rings is 1. The van der Waals surface area contributed by atoms with Gasteiger partial charge in [0.1, 0.15) is 0 Å². The maximum absolute atomic E-state index is 13.7.